The Bertz CT molecular complexity index is 604. The Morgan fingerprint density at radius 2 is 2.09 bits per heavy atom. The maximum absolute atomic E-state index is 12.1. The maximum atomic E-state index is 12.1. The van der Waals surface area contributed by atoms with Gasteiger partial charge < -0.3 is 20.3 Å². The quantitative estimate of drug-likeness (QED) is 0.861. The number of urea groups is 1. The first-order chi connectivity index (χ1) is 11.1. The summed E-state index contributed by atoms with van der Waals surface area (Å²) in [6, 6.07) is 5.22. The topological polar surface area (TPSA) is 73.9 Å². The first kappa shape index (κ1) is 15.9. The van der Waals surface area contributed by atoms with E-state index in [1.807, 2.05) is 12.1 Å². The third-order valence-corrected chi connectivity index (χ3v) is 4.13. The summed E-state index contributed by atoms with van der Waals surface area (Å²) >= 11 is 6.08. The fourth-order valence-corrected chi connectivity index (χ4v) is 2.88. The van der Waals surface area contributed by atoms with Crippen LogP contribution in [0, 0.1) is 0 Å². The minimum Gasteiger partial charge on any atom is -0.378 e. The number of hydrogen-bond acceptors (Lipinski definition) is 5. The van der Waals surface area contributed by atoms with E-state index in [2.05, 4.69) is 15.5 Å². The Morgan fingerprint density at radius 1 is 1.30 bits per heavy atom. The van der Waals surface area contributed by atoms with Crippen LogP contribution in [0.25, 0.3) is 0 Å². The zero-order chi connectivity index (χ0) is 16.2. The van der Waals surface area contributed by atoms with Gasteiger partial charge in [0.15, 0.2) is 0 Å². The van der Waals surface area contributed by atoms with Crippen LogP contribution >= 0.6 is 11.6 Å². The summed E-state index contributed by atoms with van der Waals surface area (Å²) in [6.07, 6.45) is 0. The zero-order valence-electron chi connectivity index (χ0n) is 12.7. The summed E-state index contributed by atoms with van der Waals surface area (Å²) in [5.41, 5.74) is 1.77. The summed E-state index contributed by atoms with van der Waals surface area (Å²) in [4.78, 5) is 27.1. The molecule has 1 aromatic rings. The van der Waals surface area contributed by atoms with Gasteiger partial charge in [0, 0.05) is 31.2 Å². The number of carbonyl (C=O) groups excluding carboxylic acids is 2. The predicted octanol–water partition coefficient (Wildman–Crippen LogP) is 1.14. The average Bonchev–Trinajstić information content (AvgIpc) is 3.00. The smallest absolute Gasteiger partial charge is 0.324 e. The first-order valence-electron chi connectivity index (χ1n) is 7.59. The molecule has 124 valence electrons. The van der Waals surface area contributed by atoms with E-state index in [0.717, 1.165) is 24.5 Å². The predicted molar refractivity (Wildman–Crippen MR) is 88.1 cm³/mol. The van der Waals surface area contributed by atoms with E-state index in [0.29, 0.717) is 31.3 Å². The van der Waals surface area contributed by atoms with Gasteiger partial charge in [-0.15, -0.1) is 0 Å². The SMILES string of the molecule is O=C(CNc1cc(Cl)ccc1N1CCOCC1)N1CCNC1=O. The molecule has 1 aromatic carbocycles. The second-order valence-electron chi connectivity index (χ2n) is 5.39. The highest BCUT2D eigenvalue weighted by atomic mass is 35.5. The fraction of sp³-hybridized carbons (Fsp3) is 0.467. The molecular weight excluding hydrogens is 320 g/mol. The number of anilines is 2. The van der Waals surface area contributed by atoms with E-state index in [4.69, 9.17) is 16.3 Å². The first-order valence-corrected chi connectivity index (χ1v) is 7.97. The molecule has 0 unspecified atom stereocenters. The van der Waals surface area contributed by atoms with Gasteiger partial charge in [0.05, 0.1) is 31.1 Å². The molecule has 2 heterocycles. The Hall–Kier alpha value is -1.99. The summed E-state index contributed by atoms with van der Waals surface area (Å²) in [5.74, 6) is -0.257. The van der Waals surface area contributed by atoms with Gasteiger partial charge in [-0.1, -0.05) is 11.6 Å². The van der Waals surface area contributed by atoms with Crippen molar-refractivity contribution in [3.05, 3.63) is 23.2 Å². The summed E-state index contributed by atoms with van der Waals surface area (Å²) in [5, 5.41) is 6.32. The second-order valence-corrected chi connectivity index (χ2v) is 5.83. The van der Waals surface area contributed by atoms with Crippen LogP contribution in [0.5, 0.6) is 0 Å². The van der Waals surface area contributed by atoms with Gasteiger partial charge in [0.25, 0.3) is 0 Å². The third-order valence-electron chi connectivity index (χ3n) is 3.90. The van der Waals surface area contributed by atoms with Crippen molar-refractivity contribution in [2.24, 2.45) is 0 Å². The number of rotatable bonds is 4. The van der Waals surface area contributed by atoms with Crippen LogP contribution in [-0.4, -0.2) is 62.8 Å². The highest BCUT2D eigenvalue weighted by Gasteiger charge is 2.26. The van der Waals surface area contributed by atoms with Gasteiger partial charge in [0.1, 0.15) is 0 Å². The summed E-state index contributed by atoms with van der Waals surface area (Å²) in [6.45, 7) is 3.89. The lowest BCUT2D eigenvalue weighted by Crippen LogP contribution is -2.39. The van der Waals surface area contributed by atoms with Crippen LogP contribution in [0.2, 0.25) is 5.02 Å². The van der Waals surface area contributed by atoms with Crippen molar-refractivity contribution in [1.29, 1.82) is 0 Å². The molecule has 8 heteroatoms. The largest absolute Gasteiger partial charge is 0.378 e. The van der Waals surface area contributed by atoms with E-state index >= 15 is 0 Å². The standard InChI is InChI=1S/C15H19ClN4O3/c16-11-1-2-13(19-5-7-23-8-6-19)12(9-11)18-10-14(21)20-4-3-17-15(20)22/h1-2,9,18H,3-8,10H2,(H,17,22). The van der Waals surface area contributed by atoms with E-state index in [9.17, 15) is 9.59 Å². The lowest BCUT2D eigenvalue weighted by Gasteiger charge is -2.30. The van der Waals surface area contributed by atoms with Crippen molar-refractivity contribution in [1.82, 2.24) is 10.2 Å². The van der Waals surface area contributed by atoms with E-state index in [-0.39, 0.29) is 18.5 Å². The molecule has 2 aliphatic heterocycles. The number of benzene rings is 1. The van der Waals surface area contributed by atoms with Crippen molar-refractivity contribution in [3.8, 4) is 0 Å². The van der Waals surface area contributed by atoms with Gasteiger partial charge in [-0.2, -0.15) is 0 Å². The van der Waals surface area contributed by atoms with Gasteiger partial charge in [-0.3, -0.25) is 9.69 Å². The average molecular weight is 339 g/mol. The number of carbonyl (C=O) groups is 2. The van der Waals surface area contributed by atoms with E-state index in [1.54, 1.807) is 6.07 Å². The number of ether oxygens (including phenoxy) is 1. The number of morpholine rings is 1. The van der Waals surface area contributed by atoms with Gasteiger partial charge in [-0.25, -0.2) is 4.79 Å². The molecule has 2 saturated heterocycles. The van der Waals surface area contributed by atoms with Crippen LogP contribution in [0.15, 0.2) is 18.2 Å². The molecule has 7 nitrogen and oxygen atoms in total. The van der Waals surface area contributed by atoms with Crippen LogP contribution in [-0.2, 0) is 9.53 Å². The molecule has 0 saturated carbocycles. The molecule has 0 bridgehead atoms. The monoisotopic (exact) mass is 338 g/mol. The van der Waals surface area contributed by atoms with Gasteiger partial charge in [0.2, 0.25) is 5.91 Å². The Morgan fingerprint density at radius 3 is 2.78 bits per heavy atom. The Kier molecular flexibility index (Phi) is 4.88. The zero-order valence-corrected chi connectivity index (χ0v) is 13.4. The molecule has 2 N–H and O–H groups in total. The number of halogens is 1. The van der Waals surface area contributed by atoms with E-state index < -0.39 is 0 Å². The van der Waals surface area contributed by atoms with Crippen LogP contribution < -0.4 is 15.5 Å². The van der Waals surface area contributed by atoms with Crippen LogP contribution in [0.3, 0.4) is 0 Å². The van der Waals surface area contributed by atoms with Crippen LogP contribution in [0.1, 0.15) is 0 Å². The summed E-state index contributed by atoms with van der Waals surface area (Å²) < 4.78 is 5.37. The molecule has 3 rings (SSSR count). The highest BCUT2D eigenvalue weighted by molar-refractivity contribution is 6.31. The molecule has 0 aliphatic carbocycles. The number of hydrogen-bond donors (Lipinski definition) is 2. The van der Waals surface area contributed by atoms with Crippen molar-refractivity contribution in [2.75, 3.05) is 56.2 Å². The number of nitrogens with one attached hydrogen (secondary N) is 2. The molecule has 0 spiro atoms. The third kappa shape index (κ3) is 3.68. The molecular formula is C15H19ClN4O3. The maximum Gasteiger partial charge on any atom is 0.324 e. The van der Waals surface area contributed by atoms with Crippen molar-refractivity contribution in [2.45, 2.75) is 0 Å². The number of imide groups is 1. The van der Waals surface area contributed by atoms with Gasteiger partial charge in [-0.05, 0) is 18.2 Å². The van der Waals surface area contributed by atoms with Crippen molar-refractivity contribution < 1.29 is 14.3 Å². The lowest BCUT2D eigenvalue weighted by molar-refractivity contribution is -0.125. The molecule has 0 radical (unpaired) electrons. The molecule has 2 fully saturated rings. The Labute approximate surface area is 139 Å². The van der Waals surface area contributed by atoms with Gasteiger partial charge >= 0.3 is 6.03 Å². The number of nitrogens with zero attached hydrogens (tertiary/aromatic N) is 2. The Balaban J connectivity index is 1.69. The molecule has 3 amide bonds. The number of amides is 3. The van der Waals surface area contributed by atoms with E-state index in [1.165, 1.54) is 4.90 Å². The van der Waals surface area contributed by atoms with Crippen molar-refractivity contribution in [3.63, 3.8) is 0 Å². The van der Waals surface area contributed by atoms with Crippen molar-refractivity contribution >= 4 is 34.9 Å². The second kappa shape index (κ2) is 7.06. The molecule has 0 atom stereocenters. The molecule has 0 aromatic heterocycles. The highest BCUT2D eigenvalue weighted by Crippen LogP contribution is 2.29. The normalized spacial score (nSPS) is 18.0. The fourth-order valence-electron chi connectivity index (χ4n) is 2.71. The lowest BCUT2D eigenvalue weighted by atomic mass is 10.2. The molecule has 23 heavy (non-hydrogen) atoms. The van der Waals surface area contributed by atoms with Crippen LogP contribution in [0.4, 0.5) is 16.2 Å². The minimum absolute atomic E-state index is 0.0467. The summed E-state index contributed by atoms with van der Waals surface area (Å²) in [7, 11) is 0. The molecule has 2 aliphatic rings. The minimum atomic E-state index is -0.337.